The van der Waals surface area contributed by atoms with Gasteiger partial charge in [0.1, 0.15) is 5.54 Å². The van der Waals surface area contributed by atoms with Crippen LogP contribution >= 0.6 is 0 Å². The number of nitriles is 1. The zero-order chi connectivity index (χ0) is 18.7. The lowest BCUT2D eigenvalue weighted by atomic mass is 9.78. The monoisotopic (exact) mass is 348 g/mol. The van der Waals surface area contributed by atoms with Crippen LogP contribution in [0.5, 0.6) is 0 Å². The van der Waals surface area contributed by atoms with Crippen molar-refractivity contribution in [2.45, 2.75) is 52.1 Å². The smallest absolute Gasteiger partial charge is 0.245 e. The number of hydrogen-bond donors (Lipinski definition) is 1. The standard InChI is InChI=1S/C21H24N4O/c1-15-5-7-18(8-6-15)13-25-17(3)19(16(2)24-25)9-10-20(26)23-21(14-22)11-4-12-21/h5-10H,4,11-13H2,1-3H3,(H,23,26). The molecule has 0 atom stereocenters. The Bertz CT molecular complexity index is 880. The van der Waals surface area contributed by atoms with E-state index in [4.69, 9.17) is 0 Å². The highest BCUT2D eigenvalue weighted by molar-refractivity contribution is 5.92. The minimum atomic E-state index is -0.666. The molecule has 1 heterocycles. The van der Waals surface area contributed by atoms with Crippen LogP contribution < -0.4 is 5.32 Å². The number of benzene rings is 1. The number of aryl methyl sites for hydroxylation is 2. The summed E-state index contributed by atoms with van der Waals surface area (Å²) >= 11 is 0. The van der Waals surface area contributed by atoms with Gasteiger partial charge in [-0.15, -0.1) is 0 Å². The van der Waals surface area contributed by atoms with E-state index in [1.807, 2.05) is 18.5 Å². The molecule has 1 aromatic heterocycles. The predicted octanol–water partition coefficient (Wildman–Crippen LogP) is 3.43. The zero-order valence-electron chi connectivity index (χ0n) is 15.5. The van der Waals surface area contributed by atoms with Crippen molar-refractivity contribution in [3.63, 3.8) is 0 Å². The molecule has 5 heteroatoms. The quantitative estimate of drug-likeness (QED) is 0.842. The molecule has 134 valence electrons. The molecule has 1 aromatic carbocycles. The summed E-state index contributed by atoms with van der Waals surface area (Å²) in [5.74, 6) is -0.226. The van der Waals surface area contributed by atoms with Gasteiger partial charge in [-0.25, -0.2) is 0 Å². The molecule has 0 aliphatic heterocycles. The highest BCUT2D eigenvalue weighted by Gasteiger charge is 2.38. The number of rotatable bonds is 5. The van der Waals surface area contributed by atoms with Crippen LogP contribution in [0.4, 0.5) is 0 Å². The second kappa shape index (κ2) is 7.17. The second-order valence-electron chi connectivity index (χ2n) is 7.10. The Kier molecular flexibility index (Phi) is 4.94. The molecule has 1 fully saturated rings. The molecule has 0 unspecified atom stereocenters. The van der Waals surface area contributed by atoms with E-state index in [2.05, 4.69) is 47.7 Å². The van der Waals surface area contributed by atoms with Gasteiger partial charge in [0.05, 0.1) is 18.3 Å². The van der Waals surface area contributed by atoms with Gasteiger partial charge >= 0.3 is 0 Å². The minimum absolute atomic E-state index is 0.226. The highest BCUT2D eigenvalue weighted by Crippen LogP contribution is 2.30. The molecule has 0 bridgehead atoms. The number of nitrogens with zero attached hydrogens (tertiary/aromatic N) is 3. The van der Waals surface area contributed by atoms with Crippen LogP contribution in [0.25, 0.3) is 6.08 Å². The predicted molar refractivity (Wildman–Crippen MR) is 101 cm³/mol. The number of nitrogens with one attached hydrogen (secondary N) is 1. The molecular formula is C21H24N4O. The van der Waals surface area contributed by atoms with Crippen LogP contribution in [0.1, 0.15) is 47.3 Å². The topological polar surface area (TPSA) is 70.7 Å². The molecule has 1 saturated carbocycles. The van der Waals surface area contributed by atoms with Crippen molar-refractivity contribution in [1.82, 2.24) is 15.1 Å². The number of aromatic nitrogens is 2. The molecule has 0 spiro atoms. The zero-order valence-corrected chi connectivity index (χ0v) is 15.5. The van der Waals surface area contributed by atoms with E-state index < -0.39 is 5.54 Å². The van der Waals surface area contributed by atoms with Crippen LogP contribution in [0.15, 0.2) is 30.3 Å². The first-order valence-corrected chi connectivity index (χ1v) is 8.93. The lowest BCUT2D eigenvalue weighted by molar-refractivity contribution is -0.118. The molecule has 1 aliphatic carbocycles. The van der Waals surface area contributed by atoms with E-state index in [1.54, 1.807) is 6.08 Å². The van der Waals surface area contributed by atoms with E-state index in [0.717, 1.165) is 36.2 Å². The summed E-state index contributed by atoms with van der Waals surface area (Å²) in [5, 5.41) is 16.6. The Hall–Kier alpha value is -2.87. The van der Waals surface area contributed by atoms with Gasteiger partial charge in [0.15, 0.2) is 0 Å². The Balaban J connectivity index is 1.72. The molecular weight excluding hydrogens is 324 g/mol. The summed E-state index contributed by atoms with van der Waals surface area (Å²) < 4.78 is 1.96. The fraction of sp³-hybridized carbons (Fsp3) is 0.381. The van der Waals surface area contributed by atoms with Crippen LogP contribution in [-0.2, 0) is 11.3 Å². The number of amides is 1. The third-order valence-electron chi connectivity index (χ3n) is 5.08. The lowest BCUT2D eigenvalue weighted by Crippen LogP contribution is -2.51. The normalized spacial score (nSPS) is 15.5. The Morgan fingerprint density at radius 3 is 2.58 bits per heavy atom. The van der Waals surface area contributed by atoms with Gasteiger partial charge in [0.25, 0.3) is 0 Å². The fourth-order valence-corrected chi connectivity index (χ4v) is 3.20. The van der Waals surface area contributed by atoms with Crippen LogP contribution in [0.3, 0.4) is 0 Å². The van der Waals surface area contributed by atoms with Gasteiger partial charge in [0, 0.05) is 17.3 Å². The first-order chi connectivity index (χ1) is 12.4. The maximum atomic E-state index is 12.2. The van der Waals surface area contributed by atoms with Crippen molar-refractivity contribution in [2.24, 2.45) is 0 Å². The van der Waals surface area contributed by atoms with E-state index in [1.165, 1.54) is 17.2 Å². The highest BCUT2D eigenvalue weighted by atomic mass is 16.1. The van der Waals surface area contributed by atoms with Crippen molar-refractivity contribution in [2.75, 3.05) is 0 Å². The first-order valence-electron chi connectivity index (χ1n) is 8.93. The average Bonchev–Trinajstić information content (AvgIpc) is 2.85. The molecule has 5 nitrogen and oxygen atoms in total. The second-order valence-corrected chi connectivity index (χ2v) is 7.10. The molecule has 2 aromatic rings. The van der Waals surface area contributed by atoms with Crippen molar-refractivity contribution in [3.05, 3.63) is 58.4 Å². The first kappa shape index (κ1) is 17.9. The van der Waals surface area contributed by atoms with Crippen LogP contribution in [0, 0.1) is 32.1 Å². The van der Waals surface area contributed by atoms with Gasteiger partial charge in [-0.2, -0.15) is 10.4 Å². The average molecular weight is 348 g/mol. The number of carbonyl (C=O) groups is 1. The summed E-state index contributed by atoms with van der Waals surface area (Å²) in [6, 6.07) is 10.6. The molecule has 1 aliphatic rings. The molecule has 1 N–H and O–H groups in total. The maximum Gasteiger partial charge on any atom is 0.245 e. The van der Waals surface area contributed by atoms with Crippen LogP contribution in [0.2, 0.25) is 0 Å². The Labute approximate surface area is 154 Å². The summed E-state index contributed by atoms with van der Waals surface area (Å²) in [6.07, 6.45) is 5.75. The SMILES string of the molecule is Cc1ccc(Cn2nc(C)c(C=CC(=O)NC3(C#N)CCC3)c2C)cc1. The third kappa shape index (κ3) is 3.70. The molecule has 3 rings (SSSR count). The fourth-order valence-electron chi connectivity index (χ4n) is 3.20. The van der Waals surface area contributed by atoms with Crippen molar-refractivity contribution in [3.8, 4) is 6.07 Å². The largest absolute Gasteiger partial charge is 0.334 e. The van der Waals surface area contributed by atoms with Gasteiger partial charge in [0.2, 0.25) is 5.91 Å². The van der Waals surface area contributed by atoms with Crippen molar-refractivity contribution >= 4 is 12.0 Å². The molecule has 1 amide bonds. The van der Waals surface area contributed by atoms with E-state index >= 15 is 0 Å². The molecule has 26 heavy (non-hydrogen) atoms. The Morgan fingerprint density at radius 1 is 1.31 bits per heavy atom. The van der Waals surface area contributed by atoms with Gasteiger partial charge in [-0.05, 0) is 51.7 Å². The van der Waals surface area contributed by atoms with Gasteiger partial charge in [-0.3, -0.25) is 9.48 Å². The lowest BCUT2D eigenvalue weighted by Gasteiger charge is -2.35. The summed E-state index contributed by atoms with van der Waals surface area (Å²) in [7, 11) is 0. The van der Waals surface area contributed by atoms with E-state index in [9.17, 15) is 10.1 Å². The summed E-state index contributed by atoms with van der Waals surface area (Å²) in [4.78, 5) is 12.2. The Morgan fingerprint density at radius 2 is 2.00 bits per heavy atom. The summed E-state index contributed by atoms with van der Waals surface area (Å²) in [5.41, 5.74) is 4.62. The third-order valence-corrected chi connectivity index (χ3v) is 5.08. The van der Waals surface area contributed by atoms with Crippen LogP contribution in [-0.4, -0.2) is 21.2 Å². The number of carbonyl (C=O) groups excluding carboxylic acids is 1. The van der Waals surface area contributed by atoms with Crippen molar-refractivity contribution in [1.29, 1.82) is 5.26 Å². The summed E-state index contributed by atoms with van der Waals surface area (Å²) in [6.45, 7) is 6.72. The van der Waals surface area contributed by atoms with Gasteiger partial charge in [-0.1, -0.05) is 29.8 Å². The maximum absolute atomic E-state index is 12.2. The molecule has 0 radical (unpaired) electrons. The van der Waals surface area contributed by atoms with Crippen molar-refractivity contribution < 1.29 is 4.79 Å². The van der Waals surface area contributed by atoms with E-state index in [-0.39, 0.29) is 5.91 Å². The molecule has 0 saturated heterocycles. The minimum Gasteiger partial charge on any atom is -0.334 e. The van der Waals surface area contributed by atoms with Gasteiger partial charge < -0.3 is 5.32 Å². The van der Waals surface area contributed by atoms with E-state index in [0.29, 0.717) is 6.54 Å². The number of hydrogen-bond acceptors (Lipinski definition) is 3.